The van der Waals surface area contributed by atoms with Gasteiger partial charge in [-0.25, -0.2) is 8.78 Å². The van der Waals surface area contributed by atoms with Crippen LogP contribution in [0.1, 0.15) is 83.6 Å². The van der Waals surface area contributed by atoms with Crippen LogP contribution in [-0.4, -0.2) is 17.0 Å². The second-order valence-electron chi connectivity index (χ2n) is 11.8. The molecule has 0 spiro atoms. The van der Waals surface area contributed by atoms with Crippen molar-refractivity contribution < 1.29 is 18.7 Å². The van der Waals surface area contributed by atoms with Gasteiger partial charge in [0.15, 0.2) is 0 Å². The number of aliphatic hydroxyl groups is 1. The number of halogens is 2. The van der Waals surface area contributed by atoms with Crippen molar-refractivity contribution in [1.29, 1.82) is 0 Å². The highest BCUT2D eigenvalue weighted by atomic mass is 19.1. The number of hydrogen-bond acceptors (Lipinski definition) is 2. The molecular weight excluding hydrogens is 418 g/mol. The van der Waals surface area contributed by atoms with Crippen molar-refractivity contribution in [1.82, 2.24) is 0 Å². The highest BCUT2D eigenvalue weighted by Crippen LogP contribution is 2.67. The maximum Gasteiger partial charge on any atom is 0.148 e. The van der Waals surface area contributed by atoms with Crippen LogP contribution in [0.25, 0.3) is 0 Å². The molecule has 1 aromatic rings. The van der Waals surface area contributed by atoms with Crippen LogP contribution < -0.4 is 0 Å². The van der Waals surface area contributed by atoms with Gasteiger partial charge in [0.05, 0.1) is 18.1 Å². The first kappa shape index (κ1) is 23.0. The van der Waals surface area contributed by atoms with Gasteiger partial charge in [-0.05, 0) is 104 Å². The Kier molecular flexibility index (Phi) is 5.93. The third-order valence-corrected chi connectivity index (χ3v) is 10.4. The highest BCUT2D eigenvalue weighted by molar-refractivity contribution is 5.84. The molecule has 0 unspecified atom stereocenters. The lowest BCUT2D eigenvalue weighted by Crippen LogP contribution is -2.54. The van der Waals surface area contributed by atoms with E-state index in [1.54, 1.807) is 0 Å². The molecule has 2 nitrogen and oxygen atoms in total. The molecule has 0 aromatic heterocycles. The zero-order valence-electron chi connectivity index (χ0n) is 19.9. The van der Waals surface area contributed by atoms with E-state index in [2.05, 4.69) is 25.7 Å². The van der Waals surface area contributed by atoms with Crippen molar-refractivity contribution in [3.05, 3.63) is 35.4 Å². The predicted octanol–water partition coefficient (Wildman–Crippen LogP) is 6.30. The van der Waals surface area contributed by atoms with E-state index in [0.717, 1.165) is 50.5 Å². The molecule has 0 aliphatic heterocycles. The molecule has 4 aliphatic carbocycles. The van der Waals surface area contributed by atoms with Crippen molar-refractivity contribution in [2.24, 2.45) is 40.4 Å². The molecule has 0 heterocycles. The minimum absolute atomic E-state index is 0.0366. The minimum Gasteiger partial charge on any atom is -0.393 e. The smallest absolute Gasteiger partial charge is 0.148 e. The van der Waals surface area contributed by atoms with Crippen LogP contribution in [0.3, 0.4) is 0 Å². The maximum atomic E-state index is 13.8. The highest BCUT2D eigenvalue weighted by Gasteiger charge is 2.60. The van der Waals surface area contributed by atoms with Gasteiger partial charge in [-0.3, -0.25) is 4.79 Å². The van der Waals surface area contributed by atoms with Gasteiger partial charge >= 0.3 is 0 Å². The third-order valence-electron chi connectivity index (χ3n) is 10.4. The van der Waals surface area contributed by atoms with Crippen molar-refractivity contribution in [2.75, 3.05) is 0 Å². The average molecular weight is 455 g/mol. The summed E-state index contributed by atoms with van der Waals surface area (Å²) in [6, 6.07) is 3.35. The number of fused-ring (bicyclic) bond motifs is 5. The monoisotopic (exact) mass is 454 g/mol. The summed E-state index contributed by atoms with van der Waals surface area (Å²) in [6.45, 7) is 4.83. The molecule has 1 N–H and O–H groups in total. The van der Waals surface area contributed by atoms with E-state index < -0.39 is 11.6 Å². The van der Waals surface area contributed by atoms with Gasteiger partial charge in [0.1, 0.15) is 17.4 Å². The van der Waals surface area contributed by atoms with Crippen molar-refractivity contribution in [2.45, 2.75) is 84.2 Å². The van der Waals surface area contributed by atoms with Crippen LogP contribution in [-0.2, 0) is 4.79 Å². The molecule has 0 bridgehead atoms. The van der Waals surface area contributed by atoms with Gasteiger partial charge in [-0.1, -0.05) is 25.7 Å². The Labute approximate surface area is 196 Å². The quantitative estimate of drug-likeness (QED) is 0.533. The second kappa shape index (κ2) is 8.49. The van der Waals surface area contributed by atoms with Gasteiger partial charge in [0, 0.05) is 12.0 Å². The first-order valence-corrected chi connectivity index (χ1v) is 12.9. The summed E-state index contributed by atoms with van der Waals surface area (Å²) in [7, 11) is 0. The summed E-state index contributed by atoms with van der Waals surface area (Å²) in [6.07, 6.45) is 9.87. The van der Waals surface area contributed by atoms with Crippen LogP contribution in [0.2, 0.25) is 0 Å². The topological polar surface area (TPSA) is 37.3 Å². The van der Waals surface area contributed by atoms with Gasteiger partial charge < -0.3 is 5.11 Å². The predicted molar refractivity (Wildman–Crippen MR) is 124 cm³/mol. The van der Waals surface area contributed by atoms with Crippen molar-refractivity contribution in [3.8, 4) is 11.8 Å². The number of rotatable bonds is 2. The lowest BCUT2D eigenvalue weighted by Gasteiger charge is -2.60. The van der Waals surface area contributed by atoms with Crippen LogP contribution in [0.5, 0.6) is 0 Å². The number of Topliss-reactive ketones (excluding diaryl/α,β-unsaturated/α-hetero) is 1. The average Bonchev–Trinajstić information content (AvgIpc) is 3.13. The minimum atomic E-state index is -0.680. The third kappa shape index (κ3) is 3.85. The number of carbonyl (C=O) groups excluding carboxylic acids is 1. The number of carbonyl (C=O) groups is 1. The zero-order valence-corrected chi connectivity index (χ0v) is 19.9. The molecule has 4 aliphatic rings. The fourth-order valence-electron chi connectivity index (χ4n) is 8.70. The molecular formula is C29H36F2O2. The molecule has 8 atom stereocenters. The fourth-order valence-corrected chi connectivity index (χ4v) is 8.70. The normalized spacial score (nSPS) is 41.8. The summed E-state index contributed by atoms with van der Waals surface area (Å²) >= 11 is 0. The first-order valence-electron chi connectivity index (χ1n) is 12.9. The Balaban J connectivity index is 1.29. The summed E-state index contributed by atoms with van der Waals surface area (Å²) < 4.78 is 26.9. The van der Waals surface area contributed by atoms with Crippen molar-refractivity contribution in [3.63, 3.8) is 0 Å². The molecule has 33 heavy (non-hydrogen) atoms. The van der Waals surface area contributed by atoms with E-state index in [0.29, 0.717) is 23.2 Å². The molecule has 0 amide bonds. The van der Waals surface area contributed by atoms with Crippen molar-refractivity contribution >= 4 is 5.78 Å². The largest absolute Gasteiger partial charge is 0.393 e. The SMILES string of the molecule is C[C@]12CC[C@@H](O)C[C@H]1CC[C@@H]1[C@@H]2CC[C@]2(C)[C@@H](C(=O)CC#Cc3ccc(F)cc3F)CC[C@@H]12. The summed E-state index contributed by atoms with van der Waals surface area (Å²) in [5.41, 5.74) is 0.525. The Bertz CT molecular complexity index is 993. The number of benzene rings is 1. The van der Waals surface area contributed by atoms with Crippen LogP contribution in [0.4, 0.5) is 8.78 Å². The molecule has 0 radical (unpaired) electrons. The summed E-state index contributed by atoms with van der Waals surface area (Å²) in [5.74, 6) is 7.18. The molecule has 1 aromatic carbocycles. The van der Waals surface area contributed by atoms with Gasteiger partial charge in [0.25, 0.3) is 0 Å². The lowest BCUT2D eigenvalue weighted by molar-refractivity contribution is -0.139. The first-order chi connectivity index (χ1) is 15.7. The van der Waals surface area contributed by atoms with Gasteiger partial charge in [0.2, 0.25) is 0 Å². The number of aliphatic hydroxyl groups excluding tert-OH is 1. The maximum absolute atomic E-state index is 13.8. The molecule has 4 saturated carbocycles. The van der Waals surface area contributed by atoms with E-state index in [1.165, 1.54) is 31.4 Å². The number of ketones is 1. The molecule has 4 fully saturated rings. The Hall–Kier alpha value is -1.73. The van der Waals surface area contributed by atoms with E-state index in [9.17, 15) is 18.7 Å². The summed E-state index contributed by atoms with van der Waals surface area (Å²) in [5, 5.41) is 10.2. The van der Waals surface area contributed by atoms with Crippen LogP contribution >= 0.6 is 0 Å². The lowest BCUT2D eigenvalue weighted by atomic mass is 9.44. The van der Waals surface area contributed by atoms with Crippen LogP contribution in [0.15, 0.2) is 18.2 Å². The fraction of sp³-hybridized carbons (Fsp3) is 0.690. The molecule has 0 saturated heterocycles. The molecule has 178 valence electrons. The summed E-state index contributed by atoms with van der Waals surface area (Å²) in [4.78, 5) is 13.2. The Morgan fingerprint density at radius 2 is 1.79 bits per heavy atom. The van der Waals surface area contributed by atoms with E-state index >= 15 is 0 Å². The van der Waals surface area contributed by atoms with Gasteiger partial charge in [-0.2, -0.15) is 0 Å². The van der Waals surface area contributed by atoms with Gasteiger partial charge in [-0.15, -0.1) is 0 Å². The standard InChI is InChI=1S/C29H36F2O2/c1-28-14-12-21(32)16-19(28)7-9-22-23-10-11-25(29(23,2)15-13-24(22)28)27(33)5-3-4-18-6-8-20(30)17-26(18)31/h6,8,17,19,21-25,32H,5,7,9-16H2,1-2H3/t19-,21-,22+,23+,24+,25-,28+,29+/m1/s1. The van der Waals surface area contributed by atoms with E-state index in [-0.39, 0.29) is 35.2 Å². The van der Waals surface area contributed by atoms with E-state index in [4.69, 9.17) is 0 Å². The zero-order chi connectivity index (χ0) is 23.4. The Morgan fingerprint density at radius 1 is 1.03 bits per heavy atom. The Morgan fingerprint density at radius 3 is 2.58 bits per heavy atom. The second-order valence-corrected chi connectivity index (χ2v) is 11.8. The van der Waals surface area contributed by atoms with Crippen LogP contribution in [0, 0.1) is 63.9 Å². The molecule has 5 rings (SSSR count). The molecule has 4 heteroatoms. The van der Waals surface area contributed by atoms with E-state index in [1.807, 2.05) is 0 Å². The number of hydrogen-bond donors (Lipinski definition) is 1.